The predicted octanol–water partition coefficient (Wildman–Crippen LogP) is 1.87. The highest BCUT2D eigenvalue weighted by Crippen LogP contribution is 2.31. The molecule has 0 aromatic carbocycles. The summed E-state index contributed by atoms with van der Waals surface area (Å²) < 4.78 is 0. The fourth-order valence-corrected chi connectivity index (χ4v) is 3.35. The van der Waals surface area contributed by atoms with Crippen LogP contribution < -0.4 is 5.32 Å². The minimum absolute atomic E-state index is 0.163. The molecule has 2 aliphatic rings. The van der Waals surface area contributed by atoms with E-state index in [1.807, 2.05) is 0 Å². The number of carbonyl (C=O) groups is 1. The van der Waals surface area contributed by atoms with Crippen molar-refractivity contribution in [2.75, 3.05) is 18.9 Å². The van der Waals surface area contributed by atoms with Crippen molar-refractivity contribution in [1.82, 2.24) is 9.88 Å². The molecule has 0 radical (unpaired) electrons. The molecule has 5 heteroatoms. The molecule has 1 aromatic heterocycles. The largest absolute Gasteiger partial charge is 0.302 e. The van der Waals surface area contributed by atoms with Crippen LogP contribution in [0.25, 0.3) is 0 Å². The Balaban J connectivity index is 1.69. The summed E-state index contributed by atoms with van der Waals surface area (Å²) in [5.41, 5.74) is 1.18. The number of likely N-dealkylation sites (N-methyl/N-ethyl adjacent to an activating group) is 1. The van der Waals surface area contributed by atoms with Gasteiger partial charge in [-0.05, 0) is 19.9 Å². The lowest BCUT2D eigenvalue weighted by Gasteiger charge is -2.23. The van der Waals surface area contributed by atoms with Gasteiger partial charge in [0.15, 0.2) is 5.13 Å². The number of carbonyl (C=O) groups excluding carboxylic acids is 1. The average molecular weight is 251 g/mol. The second-order valence-corrected chi connectivity index (χ2v) is 6.08. The number of hydrogen-bond donors (Lipinski definition) is 1. The average Bonchev–Trinajstić information content (AvgIpc) is 2.55. The number of fused-ring (bicyclic) bond motifs is 1. The van der Waals surface area contributed by atoms with Gasteiger partial charge in [-0.3, -0.25) is 4.79 Å². The van der Waals surface area contributed by atoms with Gasteiger partial charge in [0.25, 0.3) is 0 Å². The highest BCUT2D eigenvalue weighted by Gasteiger charge is 2.26. The fraction of sp³-hybridized carbons (Fsp3) is 0.667. The van der Waals surface area contributed by atoms with Crippen LogP contribution in [0.3, 0.4) is 0 Å². The standard InChI is InChI=1S/C12H17N3OS/c1-15-6-5-9-10(7-15)17-12(13-9)14-11(16)8-3-2-4-8/h8H,2-7H2,1H3,(H,13,14,16). The minimum Gasteiger partial charge on any atom is -0.302 e. The minimum atomic E-state index is 0.163. The summed E-state index contributed by atoms with van der Waals surface area (Å²) in [6.07, 6.45) is 4.28. The van der Waals surface area contributed by atoms with Crippen molar-refractivity contribution in [3.8, 4) is 0 Å². The normalized spacial score (nSPS) is 20.8. The molecule has 0 atom stereocenters. The summed E-state index contributed by atoms with van der Waals surface area (Å²) in [5.74, 6) is 0.398. The van der Waals surface area contributed by atoms with Crippen LogP contribution in [0.1, 0.15) is 29.8 Å². The lowest BCUT2D eigenvalue weighted by Crippen LogP contribution is -2.28. The summed E-state index contributed by atoms with van der Waals surface area (Å²) in [6.45, 7) is 2.03. The predicted molar refractivity (Wildman–Crippen MR) is 68.1 cm³/mol. The SMILES string of the molecule is CN1CCc2nc(NC(=O)C3CCC3)sc2C1. The zero-order valence-electron chi connectivity index (χ0n) is 10.0. The Bertz CT molecular complexity index is 439. The third-order valence-corrected chi connectivity index (χ3v) is 4.63. The van der Waals surface area contributed by atoms with E-state index in [-0.39, 0.29) is 11.8 Å². The van der Waals surface area contributed by atoms with E-state index in [4.69, 9.17) is 0 Å². The Morgan fingerprint density at radius 1 is 1.53 bits per heavy atom. The number of hydrogen-bond acceptors (Lipinski definition) is 4. The molecule has 1 amide bonds. The molecule has 1 fully saturated rings. The molecule has 1 N–H and O–H groups in total. The molecule has 0 spiro atoms. The van der Waals surface area contributed by atoms with Crippen molar-refractivity contribution >= 4 is 22.4 Å². The van der Waals surface area contributed by atoms with Gasteiger partial charge in [-0.15, -0.1) is 11.3 Å². The van der Waals surface area contributed by atoms with Crippen molar-refractivity contribution < 1.29 is 4.79 Å². The number of anilines is 1. The van der Waals surface area contributed by atoms with Gasteiger partial charge in [0.2, 0.25) is 5.91 Å². The molecular formula is C12H17N3OS. The van der Waals surface area contributed by atoms with Crippen molar-refractivity contribution in [2.45, 2.75) is 32.2 Å². The van der Waals surface area contributed by atoms with Crippen LogP contribution in [0.5, 0.6) is 0 Å². The number of nitrogens with zero attached hydrogens (tertiary/aromatic N) is 2. The zero-order valence-corrected chi connectivity index (χ0v) is 10.8. The topological polar surface area (TPSA) is 45.2 Å². The number of thiazole rings is 1. The first kappa shape index (κ1) is 11.2. The second-order valence-electron chi connectivity index (χ2n) is 4.99. The number of rotatable bonds is 2. The van der Waals surface area contributed by atoms with Crippen LogP contribution in [-0.2, 0) is 17.8 Å². The number of amides is 1. The molecule has 4 nitrogen and oxygen atoms in total. The third kappa shape index (κ3) is 2.21. The summed E-state index contributed by atoms with van der Waals surface area (Å²) in [7, 11) is 2.12. The van der Waals surface area contributed by atoms with E-state index in [2.05, 4.69) is 22.2 Å². The molecule has 1 saturated carbocycles. The van der Waals surface area contributed by atoms with Crippen LogP contribution in [-0.4, -0.2) is 29.4 Å². The van der Waals surface area contributed by atoms with Gasteiger partial charge in [-0.2, -0.15) is 0 Å². The van der Waals surface area contributed by atoms with E-state index in [1.54, 1.807) is 11.3 Å². The molecule has 0 bridgehead atoms. The van der Waals surface area contributed by atoms with Gasteiger partial charge in [0, 0.05) is 30.3 Å². The second kappa shape index (κ2) is 4.38. The van der Waals surface area contributed by atoms with Gasteiger partial charge >= 0.3 is 0 Å². The maximum absolute atomic E-state index is 11.8. The van der Waals surface area contributed by atoms with Crippen molar-refractivity contribution in [1.29, 1.82) is 0 Å². The van der Waals surface area contributed by atoms with Crippen LogP contribution in [0.2, 0.25) is 0 Å². The van der Waals surface area contributed by atoms with Crippen LogP contribution in [0, 0.1) is 5.92 Å². The lowest BCUT2D eigenvalue weighted by molar-refractivity contribution is -0.122. The van der Waals surface area contributed by atoms with E-state index in [0.29, 0.717) is 0 Å². The van der Waals surface area contributed by atoms with Crippen LogP contribution in [0.15, 0.2) is 0 Å². The highest BCUT2D eigenvalue weighted by atomic mass is 32.1. The van der Waals surface area contributed by atoms with Crippen molar-refractivity contribution in [3.05, 3.63) is 10.6 Å². The molecule has 1 aliphatic heterocycles. The molecule has 1 aromatic rings. The van der Waals surface area contributed by atoms with Gasteiger partial charge in [-0.1, -0.05) is 6.42 Å². The zero-order chi connectivity index (χ0) is 11.8. The van der Waals surface area contributed by atoms with Gasteiger partial charge in [-0.25, -0.2) is 4.98 Å². The van der Waals surface area contributed by atoms with E-state index < -0.39 is 0 Å². The summed E-state index contributed by atoms with van der Waals surface area (Å²) in [6, 6.07) is 0. The lowest BCUT2D eigenvalue weighted by atomic mass is 9.85. The number of aromatic nitrogens is 1. The van der Waals surface area contributed by atoms with E-state index in [0.717, 1.165) is 37.5 Å². The quantitative estimate of drug-likeness (QED) is 0.872. The molecule has 3 rings (SSSR count). The Kier molecular flexibility index (Phi) is 2.88. The fourth-order valence-electron chi connectivity index (χ4n) is 2.25. The highest BCUT2D eigenvalue weighted by molar-refractivity contribution is 7.15. The molecule has 0 saturated heterocycles. The van der Waals surface area contributed by atoms with Crippen LogP contribution in [0.4, 0.5) is 5.13 Å². The van der Waals surface area contributed by atoms with E-state index in [1.165, 1.54) is 17.0 Å². The maximum atomic E-state index is 11.8. The summed E-state index contributed by atoms with van der Waals surface area (Å²) in [5, 5.41) is 3.76. The Labute approximate surface area is 105 Å². The smallest absolute Gasteiger partial charge is 0.229 e. The van der Waals surface area contributed by atoms with E-state index >= 15 is 0 Å². The van der Waals surface area contributed by atoms with Crippen LogP contribution >= 0.6 is 11.3 Å². The maximum Gasteiger partial charge on any atom is 0.229 e. The molecule has 17 heavy (non-hydrogen) atoms. The Morgan fingerprint density at radius 2 is 2.35 bits per heavy atom. The molecule has 92 valence electrons. The first-order valence-corrected chi connectivity index (χ1v) is 7.02. The summed E-state index contributed by atoms with van der Waals surface area (Å²) in [4.78, 5) is 19.9. The Morgan fingerprint density at radius 3 is 3.06 bits per heavy atom. The van der Waals surface area contributed by atoms with E-state index in [9.17, 15) is 4.79 Å². The first-order chi connectivity index (χ1) is 8.22. The molecule has 0 unspecified atom stereocenters. The van der Waals surface area contributed by atoms with Gasteiger partial charge in [0.1, 0.15) is 0 Å². The molecule has 1 aliphatic carbocycles. The monoisotopic (exact) mass is 251 g/mol. The summed E-state index contributed by atoms with van der Waals surface area (Å²) >= 11 is 1.63. The molecular weight excluding hydrogens is 234 g/mol. The van der Waals surface area contributed by atoms with Crippen molar-refractivity contribution in [3.63, 3.8) is 0 Å². The van der Waals surface area contributed by atoms with Gasteiger partial charge < -0.3 is 10.2 Å². The number of nitrogens with one attached hydrogen (secondary N) is 1. The molecule has 2 heterocycles. The van der Waals surface area contributed by atoms with Crippen molar-refractivity contribution in [2.24, 2.45) is 5.92 Å². The third-order valence-electron chi connectivity index (χ3n) is 3.63. The Hall–Kier alpha value is -0.940. The van der Waals surface area contributed by atoms with Gasteiger partial charge in [0.05, 0.1) is 5.69 Å². The first-order valence-electron chi connectivity index (χ1n) is 6.20.